The molecule has 2 N–H and O–H groups in total. The summed E-state index contributed by atoms with van der Waals surface area (Å²) >= 11 is 5.78. The molecule has 114 valence electrons. The fourth-order valence-electron chi connectivity index (χ4n) is 2.34. The summed E-state index contributed by atoms with van der Waals surface area (Å²) in [5, 5.41) is 11.7. The number of rotatable bonds is 5. The van der Waals surface area contributed by atoms with Crippen molar-refractivity contribution in [1.82, 2.24) is 5.32 Å². The number of hydrogen-bond donors (Lipinski definition) is 2. The maximum Gasteiger partial charge on any atom is 0.306 e. The number of carboxylic acid groups (broad SMARTS) is 1. The van der Waals surface area contributed by atoms with Crippen molar-refractivity contribution in [2.45, 2.75) is 25.3 Å². The van der Waals surface area contributed by atoms with Gasteiger partial charge in [-0.2, -0.15) is 0 Å². The second-order valence-electron chi connectivity index (χ2n) is 4.98. The lowest BCUT2D eigenvalue weighted by atomic mass is 10.1. The zero-order chi connectivity index (χ0) is 15.4. The fourth-order valence-corrected chi connectivity index (χ4v) is 2.56. The summed E-state index contributed by atoms with van der Waals surface area (Å²) < 4.78 is 18.1. The monoisotopic (exact) mass is 315 g/mol. The highest BCUT2D eigenvalue weighted by atomic mass is 35.5. The Hall–Kier alpha value is -1.82. The first kappa shape index (κ1) is 15.6. The molecule has 0 aliphatic heterocycles. The van der Waals surface area contributed by atoms with E-state index in [0.717, 1.165) is 6.07 Å². The van der Waals surface area contributed by atoms with Crippen molar-refractivity contribution in [2.24, 2.45) is 5.92 Å². The number of benzene rings is 1. The van der Waals surface area contributed by atoms with Crippen LogP contribution in [0.2, 0.25) is 5.02 Å². The Labute approximate surface area is 126 Å². The fraction of sp³-hybridized carbons (Fsp3) is 0.429. The molecule has 7 heteroatoms. The summed E-state index contributed by atoms with van der Waals surface area (Å²) in [6, 6.07) is 3.49. The number of ether oxygens (including phenoxy) is 1. The maximum atomic E-state index is 12.9. The Morgan fingerprint density at radius 2 is 2.19 bits per heavy atom. The predicted molar refractivity (Wildman–Crippen MR) is 73.8 cm³/mol. The van der Waals surface area contributed by atoms with E-state index in [0.29, 0.717) is 19.3 Å². The molecule has 1 aliphatic rings. The van der Waals surface area contributed by atoms with Crippen LogP contribution in [0.15, 0.2) is 18.2 Å². The van der Waals surface area contributed by atoms with Crippen molar-refractivity contribution in [3.8, 4) is 5.75 Å². The van der Waals surface area contributed by atoms with E-state index in [1.54, 1.807) is 0 Å². The number of amides is 1. The van der Waals surface area contributed by atoms with Crippen LogP contribution in [-0.4, -0.2) is 29.6 Å². The third kappa shape index (κ3) is 4.32. The second-order valence-corrected chi connectivity index (χ2v) is 5.38. The van der Waals surface area contributed by atoms with Crippen molar-refractivity contribution in [2.75, 3.05) is 6.61 Å². The van der Waals surface area contributed by atoms with Gasteiger partial charge in [-0.15, -0.1) is 0 Å². The Morgan fingerprint density at radius 3 is 2.81 bits per heavy atom. The van der Waals surface area contributed by atoms with Crippen LogP contribution in [0.3, 0.4) is 0 Å². The molecule has 1 fully saturated rings. The molecule has 0 aromatic heterocycles. The average molecular weight is 316 g/mol. The van der Waals surface area contributed by atoms with Crippen molar-refractivity contribution >= 4 is 23.5 Å². The molecule has 5 nitrogen and oxygen atoms in total. The SMILES string of the molecule is O=C(COc1ccc(F)cc1Cl)NC1CCC(C(=O)O)C1. The molecule has 0 spiro atoms. The van der Waals surface area contributed by atoms with Gasteiger partial charge in [0.25, 0.3) is 5.91 Å². The normalized spacial score (nSPS) is 21.0. The third-order valence-electron chi connectivity index (χ3n) is 3.40. The summed E-state index contributed by atoms with van der Waals surface area (Å²) in [5.74, 6) is -1.85. The van der Waals surface area contributed by atoms with Gasteiger partial charge in [0.15, 0.2) is 6.61 Å². The molecule has 0 heterocycles. The molecule has 2 unspecified atom stereocenters. The Balaban J connectivity index is 1.79. The highest BCUT2D eigenvalue weighted by molar-refractivity contribution is 6.32. The van der Waals surface area contributed by atoms with E-state index in [-0.39, 0.29) is 29.3 Å². The number of aliphatic carboxylic acids is 1. The number of nitrogens with one attached hydrogen (secondary N) is 1. The van der Waals surface area contributed by atoms with Crippen molar-refractivity contribution in [3.05, 3.63) is 29.0 Å². The largest absolute Gasteiger partial charge is 0.482 e. The Morgan fingerprint density at radius 1 is 1.43 bits per heavy atom. The Bertz CT molecular complexity index is 552. The first-order valence-electron chi connectivity index (χ1n) is 6.55. The molecule has 1 saturated carbocycles. The van der Waals surface area contributed by atoms with E-state index >= 15 is 0 Å². The molecule has 1 amide bonds. The van der Waals surface area contributed by atoms with Gasteiger partial charge in [-0.3, -0.25) is 9.59 Å². The quantitative estimate of drug-likeness (QED) is 0.873. The number of carbonyl (C=O) groups is 2. The number of carboxylic acids is 1. The molecular weight excluding hydrogens is 301 g/mol. The zero-order valence-corrected chi connectivity index (χ0v) is 11.9. The van der Waals surface area contributed by atoms with Crippen molar-refractivity contribution < 1.29 is 23.8 Å². The second kappa shape index (κ2) is 6.76. The van der Waals surface area contributed by atoms with Crippen LogP contribution in [0.1, 0.15) is 19.3 Å². The topological polar surface area (TPSA) is 75.6 Å². The minimum atomic E-state index is -0.832. The van der Waals surface area contributed by atoms with E-state index in [2.05, 4.69) is 5.32 Å². The van der Waals surface area contributed by atoms with Gasteiger partial charge in [0.1, 0.15) is 11.6 Å². The minimum Gasteiger partial charge on any atom is -0.482 e. The molecule has 0 radical (unpaired) electrons. The van der Waals surface area contributed by atoms with Crippen LogP contribution in [0.25, 0.3) is 0 Å². The summed E-state index contributed by atoms with van der Waals surface area (Å²) in [6.07, 6.45) is 1.63. The van der Waals surface area contributed by atoms with E-state index in [1.807, 2.05) is 0 Å². The van der Waals surface area contributed by atoms with Crippen LogP contribution >= 0.6 is 11.6 Å². The van der Waals surface area contributed by atoms with Gasteiger partial charge in [-0.05, 0) is 37.5 Å². The van der Waals surface area contributed by atoms with Crippen molar-refractivity contribution in [1.29, 1.82) is 0 Å². The zero-order valence-electron chi connectivity index (χ0n) is 11.1. The number of carbonyl (C=O) groups excluding carboxylic acids is 1. The third-order valence-corrected chi connectivity index (χ3v) is 3.70. The predicted octanol–water partition coefficient (Wildman–Crippen LogP) is 2.23. The van der Waals surface area contributed by atoms with Crippen LogP contribution in [-0.2, 0) is 9.59 Å². The summed E-state index contributed by atoms with van der Waals surface area (Å²) in [4.78, 5) is 22.6. The van der Waals surface area contributed by atoms with Gasteiger partial charge in [-0.1, -0.05) is 11.6 Å². The van der Waals surface area contributed by atoms with E-state index in [4.69, 9.17) is 21.4 Å². The molecule has 1 aliphatic carbocycles. The van der Waals surface area contributed by atoms with Crippen molar-refractivity contribution in [3.63, 3.8) is 0 Å². The minimum absolute atomic E-state index is 0.0922. The lowest BCUT2D eigenvalue weighted by Gasteiger charge is -2.13. The first-order valence-corrected chi connectivity index (χ1v) is 6.93. The highest BCUT2D eigenvalue weighted by Gasteiger charge is 2.30. The number of halogens is 2. The molecule has 1 aromatic rings. The van der Waals surface area contributed by atoms with Crippen LogP contribution in [0.5, 0.6) is 5.75 Å². The highest BCUT2D eigenvalue weighted by Crippen LogP contribution is 2.26. The van der Waals surface area contributed by atoms with Crippen LogP contribution in [0, 0.1) is 11.7 Å². The molecule has 2 atom stereocenters. The van der Waals surface area contributed by atoms with Crippen LogP contribution < -0.4 is 10.1 Å². The first-order chi connectivity index (χ1) is 9.95. The molecule has 1 aromatic carbocycles. The summed E-state index contributed by atoms with van der Waals surface area (Å²) in [5.41, 5.74) is 0. The van der Waals surface area contributed by atoms with Gasteiger partial charge in [0.2, 0.25) is 0 Å². The van der Waals surface area contributed by atoms with E-state index in [9.17, 15) is 14.0 Å². The van der Waals surface area contributed by atoms with E-state index in [1.165, 1.54) is 12.1 Å². The van der Waals surface area contributed by atoms with Gasteiger partial charge in [-0.25, -0.2) is 4.39 Å². The van der Waals surface area contributed by atoms with Gasteiger partial charge >= 0.3 is 5.97 Å². The summed E-state index contributed by atoms with van der Waals surface area (Å²) in [7, 11) is 0. The van der Waals surface area contributed by atoms with Gasteiger partial charge < -0.3 is 15.2 Å². The Kier molecular flexibility index (Phi) is 5.01. The maximum absolute atomic E-state index is 12.9. The standard InChI is InChI=1S/C14H15ClFNO4/c15-11-6-9(16)2-4-12(11)21-7-13(18)17-10-3-1-8(5-10)14(19)20/h2,4,6,8,10H,1,3,5,7H2,(H,17,18)(H,19,20). The van der Waals surface area contributed by atoms with Crippen LogP contribution in [0.4, 0.5) is 4.39 Å². The van der Waals surface area contributed by atoms with E-state index < -0.39 is 17.7 Å². The lowest BCUT2D eigenvalue weighted by Crippen LogP contribution is -2.36. The number of hydrogen-bond acceptors (Lipinski definition) is 3. The average Bonchev–Trinajstić information content (AvgIpc) is 2.86. The summed E-state index contributed by atoms with van der Waals surface area (Å²) in [6.45, 7) is -0.250. The molecule has 0 saturated heterocycles. The van der Waals surface area contributed by atoms with Gasteiger partial charge in [0.05, 0.1) is 10.9 Å². The van der Waals surface area contributed by atoms with Gasteiger partial charge in [0, 0.05) is 6.04 Å². The molecular formula is C14H15ClFNO4. The lowest BCUT2D eigenvalue weighted by molar-refractivity contribution is -0.141. The molecule has 2 rings (SSSR count). The smallest absolute Gasteiger partial charge is 0.306 e. The molecule has 0 bridgehead atoms. The molecule has 21 heavy (non-hydrogen) atoms.